The van der Waals surface area contributed by atoms with Crippen LogP contribution < -0.4 is 14.8 Å². The number of hydrogen-bond acceptors (Lipinski definition) is 3. The van der Waals surface area contributed by atoms with Crippen LogP contribution in [0.5, 0.6) is 11.5 Å². The van der Waals surface area contributed by atoms with E-state index in [9.17, 15) is 4.79 Å². The third-order valence-corrected chi connectivity index (χ3v) is 4.06. The molecule has 0 radical (unpaired) electrons. The van der Waals surface area contributed by atoms with Crippen LogP contribution in [-0.4, -0.2) is 18.6 Å². The third kappa shape index (κ3) is 4.99. The number of anilines is 1. The van der Waals surface area contributed by atoms with Crippen LogP contribution in [0.2, 0.25) is 0 Å². The van der Waals surface area contributed by atoms with Crippen LogP contribution in [0.3, 0.4) is 0 Å². The molecule has 0 saturated carbocycles. The summed E-state index contributed by atoms with van der Waals surface area (Å²) in [7, 11) is 0. The van der Waals surface area contributed by atoms with E-state index in [4.69, 9.17) is 9.47 Å². The lowest BCUT2D eigenvalue weighted by Crippen LogP contribution is -2.30. The highest BCUT2D eigenvalue weighted by molar-refractivity contribution is 5.95. The zero-order valence-corrected chi connectivity index (χ0v) is 15.5. The number of benzene rings is 2. The second kappa shape index (κ2) is 9.11. The van der Waals surface area contributed by atoms with Crippen molar-refractivity contribution in [2.75, 3.05) is 11.9 Å². The molecule has 0 aromatic heterocycles. The van der Waals surface area contributed by atoms with Crippen molar-refractivity contribution in [2.24, 2.45) is 0 Å². The number of ether oxygens (including phenoxy) is 2. The monoisotopic (exact) mass is 341 g/mol. The van der Waals surface area contributed by atoms with Gasteiger partial charge in [-0.2, -0.15) is 0 Å². The van der Waals surface area contributed by atoms with Crippen molar-refractivity contribution < 1.29 is 14.3 Å². The number of carbonyl (C=O) groups excluding carboxylic acids is 1. The van der Waals surface area contributed by atoms with Gasteiger partial charge in [-0.25, -0.2) is 0 Å². The van der Waals surface area contributed by atoms with E-state index in [0.717, 1.165) is 35.4 Å². The van der Waals surface area contributed by atoms with Crippen molar-refractivity contribution in [1.82, 2.24) is 0 Å². The second-order valence-electron chi connectivity index (χ2n) is 5.81. The van der Waals surface area contributed by atoms with Gasteiger partial charge >= 0.3 is 0 Å². The molecule has 0 bridgehead atoms. The van der Waals surface area contributed by atoms with Crippen molar-refractivity contribution in [2.45, 2.75) is 46.6 Å². The number of aryl methyl sites for hydroxylation is 2. The zero-order chi connectivity index (χ0) is 18.2. The van der Waals surface area contributed by atoms with Crippen LogP contribution in [0.25, 0.3) is 0 Å². The maximum atomic E-state index is 12.6. The lowest BCUT2D eigenvalue weighted by molar-refractivity contribution is -0.122. The lowest BCUT2D eigenvalue weighted by Gasteiger charge is -2.18. The van der Waals surface area contributed by atoms with E-state index in [1.165, 1.54) is 0 Å². The normalized spacial score (nSPS) is 11.7. The molecule has 2 aromatic rings. The highest BCUT2D eigenvalue weighted by atomic mass is 16.5. The van der Waals surface area contributed by atoms with Gasteiger partial charge in [0.25, 0.3) is 5.91 Å². The summed E-state index contributed by atoms with van der Waals surface area (Å²) in [5.74, 6) is 1.28. The van der Waals surface area contributed by atoms with Gasteiger partial charge in [-0.05, 0) is 62.1 Å². The van der Waals surface area contributed by atoms with E-state index >= 15 is 0 Å². The van der Waals surface area contributed by atoms with Crippen LogP contribution >= 0.6 is 0 Å². The van der Waals surface area contributed by atoms with Crippen LogP contribution in [-0.2, 0) is 17.6 Å². The number of hydrogen-bond donors (Lipinski definition) is 1. The summed E-state index contributed by atoms with van der Waals surface area (Å²) in [6, 6.07) is 13.4. The number of carbonyl (C=O) groups is 1. The maximum absolute atomic E-state index is 12.6. The Balaban J connectivity index is 2.05. The fraction of sp³-hybridized carbons (Fsp3) is 0.381. The predicted octanol–water partition coefficient (Wildman–Crippen LogP) is 4.62. The van der Waals surface area contributed by atoms with Gasteiger partial charge in [0.2, 0.25) is 0 Å². The molecular weight excluding hydrogens is 314 g/mol. The molecular formula is C21H27NO3. The second-order valence-corrected chi connectivity index (χ2v) is 5.81. The fourth-order valence-corrected chi connectivity index (χ4v) is 2.67. The molecule has 1 amide bonds. The minimum Gasteiger partial charge on any atom is -0.494 e. The summed E-state index contributed by atoms with van der Waals surface area (Å²) in [5, 5.41) is 3.04. The minimum atomic E-state index is -0.590. The van der Waals surface area contributed by atoms with Crippen LogP contribution in [0.1, 0.15) is 38.8 Å². The molecule has 0 heterocycles. The van der Waals surface area contributed by atoms with Gasteiger partial charge < -0.3 is 14.8 Å². The Hall–Kier alpha value is -2.49. The van der Waals surface area contributed by atoms with E-state index in [0.29, 0.717) is 12.4 Å². The number of para-hydroxylation sites is 1. The maximum Gasteiger partial charge on any atom is 0.265 e. The summed E-state index contributed by atoms with van der Waals surface area (Å²) in [6.45, 7) is 8.49. The van der Waals surface area contributed by atoms with Crippen molar-refractivity contribution in [3.8, 4) is 11.5 Å². The van der Waals surface area contributed by atoms with Crippen LogP contribution in [0.15, 0.2) is 42.5 Å². The van der Waals surface area contributed by atoms with Gasteiger partial charge in [-0.3, -0.25) is 4.79 Å². The smallest absolute Gasteiger partial charge is 0.265 e. The van der Waals surface area contributed by atoms with Crippen LogP contribution in [0, 0.1) is 0 Å². The first kappa shape index (κ1) is 18.8. The Bertz CT molecular complexity index is 673. The summed E-state index contributed by atoms with van der Waals surface area (Å²) in [5.41, 5.74) is 3.20. The molecule has 4 nitrogen and oxygen atoms in total. The van der Waals surface area contributed by atoms with E-state index < -0.39 is 6.10 Å². The highest BCUT2D eigenvalue weighted by Crippen LogP contribution is 2.24. The highest BCUT2D eigenvalue weighted by Gasteiger charge is 2.17. The average Bonchev–Trinajstić information content (AvgIpc) is 2.63. The van der Waals surface area contributed by atoms with E-state index in [1.807, 2.05) is 49.4 Å². The molecule has 4 heteroatoms. The predicted molar refractivity (Wildman–Crippen MR) is 102 cm³/mol. The third-order valence-electron chi connectivity index (χ3n) is 4.06. The Kier molecular flexibility index (Phi) is 6.87. The molecule has 2 aromatic carbocycles. The fourth-order valence-electron chi connectivity index (χ4n) is 2.67. The minimum absolute atomic E-state index is 0.149. The van der Waals surface area contributed by atoms with Gasteiger partial charge in [0.15, 0.2) is 6.10 Å². The lowest BCUT2D eigenvalue weighted by atomic mass is 10.0. The molecule has 0 aliphatic carbocycles. The Morgan fingerprint density at radius 2 is 1.52 bits per heavy atom. The van der Waals surface area contributed by atoms with Gasteiger partial charge in [0.1, 0.15) is 11.5 Å². The topological polar surface area (TPSA) is 47.6 Å². The zero-order valence-electron chi connectivity index (χ0n) is 15.5. The van der Waals surface area contributed by atoms with Gasteiger partial charge in [-0.1, -0.05) is 32.0 Å². The molecule has 134 valence electrons. The number of rotatable bonds is 8. The molecule has 0 aliphatic heterocycles. The standard InChI is InChI=1S/C21H27NO3/c1-5-16-9-8-10-17(6-2)20(16)22-21(23)15(4)25-19-13-11-18(12-14-19)24-7-3/h8-15H,5-7H2,1-4H3,(H,22,23). The van der Waals surface area contributed by atoms with E-state index in [1.54, 1.807) is 6.92 Å². The first-order chi connectivity index (χ1) is 12.1. The Morgan fingerprint density at radius 1 is 0.960 bits per heavy atom. The van der Waals surface area contributed by atoms with Gasteiger partial charge in [-0.15, -0.1) is 0 Å². The molecule has 0 fully saturated rings. The summed E-state index contributed by atoms with van der Waals surface area (Å²) < 4.78 is 11.2. The Labute approximate surface area is 150 Å². The Morgan fingerprint density at radius 3 is 2.04 bits per heavy atom. The van der Waals surface area contributed by atoms with Crippen LogP contribution in [0.4, 0.5) is 5.69 Å². The summed E-state index contributed by atoms with van der Waals surface area (Å²) >= 11 is 0. The molecule has 25 heavy (non-hydrogen) atoms. The molecule has 2 rings (SSSR count). The largest absolute Gasteiger partial charge is 0.494 e. The molecule has 1 atom stereocenters. The first-order valence-corrected chi connectivity index (χ1v) is 8.90. The molecule has 0 spiro atoms. The average molecular weight is 341 g/mol. The van der Waals surface area contributed by atoms with Crippen molar-refractivity contribution in [3.63, 3.8) is 0 Å². The van der Waals surface area contributed by atoms with E-state index in [-0.39, 0.29) is 5.91 Å². The number of nitrogens with one attached hydrogen (secondary N) is 1. The molecule has 1 unspecified atom stereocenters. The summed E-state index contributed by atoms with van der Waals surface area (Å²) in [4.78, 5) is 12.6. The van der Waals surface area contributed by atoms with Crippen molar-refractivity contribution >= 4 is 11.6 Å². The first-order valence-electron chi connectivity index (χ1n) is 8.90. The summed E-state index contributed by atoms with van der Waals surface area (Å²) in [6.07, 6.45) is 1.15. The molecule has 0 aliphatic rings. The van der Waals surface area contributed by atoms with Gasteiger partial charge in [0.05, 0.1) is 6.61 Å². The molecule has 0 saturated heterocycles. The van der Waals surface area contributed by atoms with Gasteiger partial charge in [0, 0.05) is 5.69 Å². The number of amides is 1. The molecule has 1 N–H and O–H groups in total. The van der Waals surface area contributed by atoms with E-state index in [2.05, 4.69) is 19.2 Å². The SMILES string of the molecule is CCOc1ccc(OC(C)C(=O)Nc2c(CC)cccc2CC)cc1. The van der Waals surface area contributed by atoms with Crippen molar-refractivity contribution in [1.29, 1.82) is 0 Å². The quantitative estimate of drug-likeness (QED) is 0.762. The van der Waals surface area contributed by atoms with Crippen molar-refractivity contribution in [3.05, 3.63) is 53.6 Å².